The highest BCUT2D eigenvalue weighted by molar-refractivity contribution is 6.17. The summed E-state index contributed by atoms with van der Waals surface area (Å²) in [4.78, 5) is 23.7. The van der Waals surface area contributed by atoms with Gasteiger partial charge in [0.2, 0.25) is 0 Å². The lowest BCUT2D eigenvalue weighted by atomic mass is 10.1. The van der Waals surface area contributed by atoms with Gasteiger partial charge in [0.25, 0.3) is 11.8 Å². The third-order valence-corrected chi connectivity index (χ3v) is 3.29. The topological polar surface area (TPSA) is 58.2 Å². The second kappa shape index (κ2) is 6.90. The highest BCUT2D eigenvalue weighted by atomic mass is 35.5. The summed E-state index contributed by atoms with van der Waals surface area (Å²) in [5.74, 6) is -0.0152. The van der Waals surface area contributed by atoms with E-state index in [0.29, 0.717) is 22.7 Å². The third-order valence-electron chi connectivity index (χ3n) is 2.98. The van der Waals surface area contributed by atoms with Crippen LogP contribution < -0.4 is 10.6 Å². The Hall–Kier alpha value is -2.33. The number of hydrogen-bond donors (Lipinski definition) is 2. The van der Waals surface area contributed by atoms with Crippen LogP contribution in [0.15, 0.2) is 48.5 Å². The van der Waals surface area contributed by atoms with Crippen LogP contribution in [-0.4, -0.2) is 18.9 Å². The van der Waals surface area contributed by atoms with Crippen LogP contribution in [0.1, 0.15) is 26.3 Å². The Kier molecular flexibility index (Phi) is 4.95. The molecule has 108 valence electrons. The van der Waals surface area contributed by atoms with Crippen molar-refractivity contribution < 1.29 is 9.59 Å². The lowest BCUT2D eigenvalue weighted by Gasteiger charge is -2.07. The number of nitrogens with one attached hydrogen (secondary N) is 2. The number of carbonyl (C=O) groups is 2. The van der Waals surface area contributed by atoms with Crippen molar-refractivity contribution in [2.45, 2.75) is 5.88 Å². The zero-order valence-corrected chi connectivity index (χ0v) is 12.3. The van der Waals surface area contributed by atoms with Crippen molar-refractivity contribution in [1.29, 1.82) is 0 Å². The Morgan fingerprint density at radius 1 is 1.00 bits per heavy atom. The van der Waals surface area contributed by atoms with Gasteiger partial charge in [0.1, 0.15) is 0 Å². The maximum Gasteiger partial charge on any atom is 0.255 e. The molecule has 0 aliphatic carbocycles. The first-order valence-corrected chi connectivity index (χ1v) is 6.96. The van der Waals surface area contributed by atoms with Crippen LogP contribution >= 0.6 is 11.6 Å². The first-order chi connectivity index (χ1) is 10.1. The Morgan fingerprint density at radius 3 is 2.33 bits per heavy atom. The van der Waals surface area contributed by atoms with Gasteiger partial charge in [0.05, 0.1) is 0 Å². The molecule has 5 heteroatoms. The van der Waals surface area contributed by atoms with E-state index in [9.17, 15) is 9.59 Å². The fourth-order valence-corrected chi connectivity index (χ4v) is 2.01. The molecule has 2 rings (SSSR count). The summed E-state index contributed by atoms with van der Waals surface area (Å²) < 4.78 is 0. The first-order valence-electron chi connectivity index (χ1n) is 6.42. The zero-order chi connectivity index (χ0) is 15.2. The average Bonchev–Trinajstić information content (AvgIpc) is 2.54. The van der Waals surface area contributed by atoms with Crippen molar-refractivity contribution in [3.8, 4) is 0 Å². The summed E-state index contributed by atoms with van der Waals surface area (Å²) in [7, 11) is 1.56. The van der Waals surface area contributed by atoms with E-state index in [4.69, 9.17) is 11.6 Å². The van der Waals surface area contributed by atoms with Gasteiger partial charge < -0.3 is 10.6 Å². The molecule has 0 aliphatic rings. The lowest BCUT2D eigenvalue weighted by Crippen LogP contribution is -2.18. The molecule has 0 unspecified atom stereocenters. The van der Waals surface area contributed by atoms with E-state index in [1.54, 1.807) is 43.4 Å². The molecule has 0 aromatic heterocycles. The fourth-order valence-electron chi connectivity index (χ4n) is 1.83. The van der Waals surface area contributed by atoms with Gasteiger partial charge in [0.15, 0.2) is 0 Å². The van der Waals surface area contributed by atoms with E-state index in [1.807, 2.05) is 12.1 Å². The third kappa shape index (κ3) is 3.83. The summed E-state index contributed by atoms with van der Waals surface area (Å²) in [6.07, 6.45) is 0. The second-order valence-corrected chi connectivity index (χ2v) is 4.71. The molecule has 0 heterocycles. The van der Waals surface area contributed by atoms with Crippen molar-refractivity contribution in [3.63, 3.8) is 0 Å². The predicted molar refractivity (Wildman–Crippen MR) is 83.8 cm³/mol. The number of rotatable bonds is 4. The standard InChI is InChI=1S/C16H15ClN2O2/c1-18-15(20)13-3-2-4-14(9-13)19-16(21)12-7-5-11(10-17)6-8-12/h2-9H,10H2,1H3,(H,18,20)(H,19,21). The van der Waals surface area contributed by atoms with E-state index in [2.05, 4.69) is 10.6 Å². The van der Waals surface area contributed by atoms with Crippen molar-refractivity contribution in [1.82, 2.24) is 5.32 Å². The molecule has 2 amide bonds. The summed E-state index contributed by atoms with van der Waals surface area (Å²) >= 11 is 5.71. The molecule has 2 N–H and O–H groups in total. The second-order valence-electron chi connectivity index (χ2n) is 4.44. The molecule has 0 bridgehead atoms. The van der Waals surface area contributed by atoms with Crippen LogP contribution in [0.4, 0.5) is 5.69 Å². The maximum atomic E-state index is 12.1. The number of alkyl halides is 1. The Labute approximate surface area is 128 Å². The molecule has 0 saturated heterocycles. The highest BCUT2D eigenvalue weighted by Crippen LogP contribution is 2.13. The summed E-state index contributed by atoms with van der Waals surface area (Å²) in [6, 6.07) is 13.8. The molecule has 2 aromatic carbocycles. The predicted octanol–water partition coefficient (Wildman–Crippen LogP) is 3.04. The van der Waals surface area contributed by atoms with Crippen LogP contribution in [0.25, 0.3) is 0 Å². The van der Waals surface area contributed by atoms with E-state index in [0.717, 1.165) is 5.56 Å². The van der Waals surface area contributed by atoms with Crippen molar-refractivity contribution in [2.24, 2.45) is 0 Å². The summed E-state index contributed by atoms with van der Waals surface area (Å²) in [5, 5.41) is 5.31. The van der Waals surface area contributed by atoms with Crippen molar-refractivity contribution >= 4 is 29.1 Å². The largest absolute Gasteiger partial charge is 0.355 e. The average molecular weight is 303 g/mol. The van der Waals surface area contributed by atoms with Gasteiger partial charge in [-0.15, -0.1) is 11.6 Å². The highest BCUT2D eigenvalue weighted by Gasteiger charge is 2.08. The van der Waals surface area contributed by atoms with E-state index in [1.165, 1.54) is 0 Å². The van der Waals surface area contributed by atoms with Gasteiger partial charge in [-0.1, -0.05) is 18.2 Å². The smallest absolute Gasteiger partial charge is 0.255 e. The van der Waals surface area contributed by atoms with Crippen LogP contribution in [0.5, 0.6) is 0 Å². The molecule has 21 heavy (non-hydrogen) atoms. The lowest BCUT2D eigenvalue weighted by molar-refractivity contribution is 0.0961. The quantitative estimate of drug-likeness (QED) is 0.853. The summed E-state index contributed by atoms with van der Waals surface area (Å²) in [5.41, 5.74) is 2.55. The number of halogens is 1. The normalized spacial score (nSPS) is 10.0. The summed E-state index contributed by atoms with van der Waals surface area (Å²) in [6.45, 7) is 0. The van der Waals surface area contributed by atoms with Crippen LogP contribution in [0.3, 0.4) is 0 Å². The Bertz CT molecular complexity index is 654. The van der Waals surface area contributed by atoms with E-state index >= 15 is 0 Å². The minimum Gasteiger partial charge on any atom is -0.355 e. The van der Waals surface area contributed by atoms with Gasteiger partial charge in [-0.05, 0) is 35.9 Å². The minimum absolute atomic E-state index is 0.197. The molecule has 0 spiro atoms. The van der Waals surface area contributed by atoms with Crippen molar-refractivity contribution in [2.75, 3.05) is 12.4 Å². The monoisotopic (exact) mass is 302 g/mol. The molecule has 0 radical (unpaired) electrons. The van der Waals surface area contributed by atoms with Gasteiger partial charge in [-0.2, -0.15) is 0 Å². The van der Waals surface area contributed by atoms with Crippen LogP contribution in [0, 0.1) is 0 Å². The van der Waals surface area contributed by atoms with Gasteiger partial charge in [-0.25, -0.2) is 0 Å². The van der Waals surface area contributed by atoms with Crippen LogP contribution in [-0.2, 0) is 5.88 Å². The Balaban J connectivity index is 2.13. The van der Waals surface area contributed by atoms with Gasteiger partial charge >= 0.3 is 0 Å². The number of anilines is 1. The minimum atomic E-state index is -0.231. The molecule has 4 nitrogen and oxygen atoms in total. The molecular formula is C16H15ClN2O2. The Morgan fingerprint density at radius 2 is 1.71 bits per heavy atom. The number of benzene rings is 2. The van der Waals surface area contributed by atoms with E-state index in [-0.39, 0.29) is 11.8 Å². The van der Waals surface area contributed by atoms with E-state index < -0.39 is 0 Å². The molecule has 0 fully saturated rings. The van der Waals surface area contributed by atoms with Crippen molar-refractivity contribution in [3.05, 3.63) is 65.2 Å². The number of amides is 2. The molecule has 2 aromatic rings. The molecule has 0 aliphatic heterocycles. The molecular weight excluding hydrogens is 288 g/mol. The van der Waals surface area contributed by atoms with Crippen LogP contribution in [0.2, 0.25) is 0 Å². The number of carbonyl (C=O) groups excluding carboxylic acids is 2. The maximum absolute atomic E-state index is 12.1. The number of hydrogen-bond acceptors (Lipinski definition) is 2. The SMILES string of the molecule is CNC(=O)c1cccc(NC(=O)c2ccc(CCl)cc2)c1. The molecule has 0 atom stereocenters. The molecule has 0 saturated carbocycles. The fraction of sp³-hybridized carbons (Fsp3) is 0.125. The zero-order valence-electron chi connectivity index (χ0n) is 11.5. The van der Waals surface area contributed by atoms with Gasteiger partial charge in [-0.3, -0.25) is 9.59 Å². The first kappa shape index (κ1) is 15.1. The van der Waals surface area contributed by atoms with Gasteiger partial charge in [0, 0.05) is 29.7 Å².